The lowest BCUT2D eigenvalue weighted by Crippen LogP contribution is -2.31. The zero-order valence-corrected chi connectivity index (χ0v) is 14.9. The number of imidazole rings is 1. The van der Waals surface area contributed by atoms with Crippen LogP contribution in [0, 0.1) is 5.92 Å². The molecule has 1 aromatic carbocycles. The molecule has 1 saturated heterocycles. The second-order valence-corrected chi connectivity index (χ2v) is 6.64. The van der Waals surface area contributed by atoms with Gasteiger partial charge in [-0.25, -0.2) is 4.98 Å². The molecule has 3 atom stereocenters. The Kier molecular flexibility index (Phi) is 5.89. The standard InChI is InChI=1S/C18H24ClN3O2/c1-22-8-7-20-18(22)17-14(6-9-24-17)11-21-16(12-23-2)13-4-3-5-15(19)10-13/h3-5,7-8,10,14,16-17,21H,6,9,11-12H2,1-2H3/t14-,16?,17+/m0/s1. The van der Waals surface area contributed by atoms with Crippen molar-refractivity contribution < 1.29 is 9.47 Å². The van der Waals surface area contributed by atoms with E-state index in [0.717, 1.165) is 36.0 Å². The highest BCUT2D eigenvalue weighted by Gasteiger charge is 2.32. The summed E-state index contributed by atoms with van der Waals surface area (Å²) in [6, 6.07) is 8.02. The first-order chi connectivity index (χ1) is 11.7. The molecule has 0 bridgehead atoms. The van der Waals surface area contributed by atoms with Crippen molar-refractivity contribution in [2.24, 2.45) is 13.0 Å². The van der Waals surface area contributed by atoms with Gasteiger partial charge in [-0.05, 0) is 24.1 Å². The van der Waals surface area contributed by atoms with Gasteiger partial charge in [0.05, 0.1) is 12.6 Å². The van der Waals surface area contributed by atoms with Crippen LogP contribution in [-0.4, -0.2) is 36.4 Å². The number of nitrogens with zero attached hydrogens (tertiary/aromatic N) is 2. The van der Waals surface area contributed by atoms with Gasteiger partial charge >= 0.3 is 0 Å². The molecular formula is C18H24ClN3O2. The van der Waals surface area contributed by atoms with E-state index >= 15 is 0 Å². The number of methoxy groups -OCH3 is 1. The quantitative estimate of drug-likeness (QED) is 0.834. The van der Waals surface area contributed by atoms with Gasteiger partial charge in [-0.15, -0.1) is 0 Å². The largest absolute Gasteiger partial charge is 0.383 e. The minimum Gasteiger partial charge on any atom is -0.383 e. The van der Waals surface area contributed by atoms with Gasteiger partial charge in [0, 0.05) is 50.6 Å². The highest BCUT2D eigenvalue weighted by Crippen LogP contribution is 2.33. The van der Waals surface area contributed by atoms with Crippen LogP contribution < -0.4 is 5.32 Å². The van der Waals surface area contributed by atoms with Crippen molar-refractivity contribution in [2.45, 2.75) is 18.6 Å². The summed E-state index contributed by atoms with van der Waals surface area (Å²) in [5.41, 5.74) is 1.14. The highest BCUT2D eigenvalue weighted by molar-refractivity contribution is 6.30. The molecule has 0 spiro atoms. The fourth-order valence-corrected chi connectivity index (χ4v) is 3.43. The molecule has 0 saturated carbocycles. The lowest BCUT2D eigenvalue weighted by molar-refractivity contribution is 0.0788. The molecule has 0 amide bonds. The van der Waals surface area contributed by atoms with E-state index in [1.54, 1.807) is 7.11 Å². The van der Waals surface area contributed by atoms with E-state index in [1.807, 2.05) is 42.2 Å². The summed E-state index contributed by atoms with van der Waals surface area (Å²) in [5, 5.41) is 4.36. The monoisotopic (exact) mass is 349 g/mol. The Morgan fingerprint density at radius 2 is 2.38 bits per heavy atom. The van der Waals surface area contributed by atoms with Gasteiger partial charge in [-0.2, -0.15) is 0 Å². The predicted molar refractivity (Wildman–Crippen MR) is 94.1 cm³/mol. The maximum Gasteiger partial charge on any atom is 0.137 e. The molecule has 1 fully saturated rings. The zero-order chi connectivity index (χ0) is 16.9. The molecule has 0 radical (unpaired) electrons. The number of rotatable bonds is 7. The molecule has 5 nitrogen and oxygen atoms in total. The molecule has 2 aromatic rings. The molecule has 0 aliphatic carbocycles. The van der Waals surface area contributed by atoms with Gasteiger partial charge in [-0.1, -0.05) is 23.7 Å². The molecule has 2 heterocycles. The smallest absolute Gasteiger partial charge is 0.137 e. The topological polar surface area (TPSA) is 48.3 Å². The Labute approximate surface area is 147 Å². The van der Waals surface area contributed by atoms with E-state index in [2.05, 4.69) is 16.4 Å². The third kappa shape index (κ3) is 3.98. The lowest BCUT2D eigenvalue weighted by Gasteiger charge is -2.23. The number of hydrogen-bond acceptors (Lipinski definition) is 4. The number of aromatic nitrogens is 2. The van der Waals surface area contributed by atoms with Crippen LogP contribution >= 0.6 is 11.6 Å². The SMILES string of the molecule is COCC(NC[C@@H]1CCO[C@H]1c1nccn1C)c1cccc(Cl)c1. The van der Waals surface area contributed by atoms with Crippen LogP contribution in [0.3, 0.4) is 0 Å². The van der Waals surface area contributed by atoms with Crippen LogP contribution in [0.2, 0.25) is 5.02 Å². The van der Waals surface area contributed by atoms with E-state index in [4.69, 9.17) is 21.1 Å². The molecule has 6 heteroatoms. The summed E-state index contributed by atoms with van der Waals surface area (Å²) < 4.78 is 13.3. The van der Waals surface area contributed by atoms with E-state index in [-0.39, 0.29) is 12.1 Å². The van der Waals surface area contributed by atoms with Crippen LogP contribution in [0.4, 0.5) is 0 Å². The van der Waals surface area contributed by atoms with Gasteiger partial charge in [0.25, 0.3) is 0 Å². The Bertz CT molecular complexity index is 661. The fraction of sp³-hybridized carbons (Fsp3) is 0.500. The summed E-state index contributed by atoms with van der Waals surface area (Å²) in [6.07, 6.45) is 4.85. The maximum absolute atomic E-state index is 6.12. The van der Waals surface area contributed by atoms with Gasteiger partial charge < -0.3 is 19.4 Å². The Morgan fingerprint density at radius 3 is 3.08 bits per heavy atom. The first-order valence-electron chi connectivity index (χ1n) is 8.25. The molecule has 24 heavy (non-hydrogen) atoms. The second kappa shape index (κ2) is 8.12. The average Bonchev–Trinajstić information content (AvgIpc) is 3.19. The molecule has 1 aliphatic rings. The molecule has 130 valence electrons. The number of benzene rings is 1. The average molecular weight is 350 g/mol. The highest BCUT2D eigenvalue weighted by atomic mass is 35.5. The van der Waals surface area contributed by atoms with E-state index in [9.17, 15) is 0 Å². The molecule has 1 unspecified atom stereocenters. The van der Waals surface area contributed by atoms with Crippen molar-refractivity contribution in [3.05, 3.63) is 53.1 Å². The van der Waals surface area contributed by atoms with Crippen LogP contribution in [0.25, 0.3) is 0 Å². The summed E-state index contributed by atoms with van der Waals surface area (Å²) in [4.78, 5) is 4.45. The van der Waals surface area contributed by atoms with Gasteiger partial charge in [0.1, 0.15) is 11.9 Å². The van der Waals surface area contributed by atoms with Gasteiger partial charge in [-0.3, -0.25) is 0 Å². The molecule has 3 rings (SSSR count). The lowest BCUT2D eigenvalue weighted by atomic mass is 9.99. The van der Waals surface area contributed by atoms with Crippen molar-refractivity contribution in [1.29, 1.82) is 0 Å². The molecular weight excluding hydrogens is 326 g/mol. The van der Waals surface area contributed by atoms with Crippen LogP contribution in [0.1, 0.15) is 30.0 Å². The fourth-order valence-electron chi connectivity index (χ4n) is 3.24. The van der Waals surface area contributed by atoms with Gasteiger partial charge in [0.2, 0.25) is 0 Å². The summed E-state index contributed by atoms with van der Waals surface area (Å²) in [7, 11) is 3.72. The summed E-state index contributed by atoms with van der Waals surface area (Å²) >= 11 is 6.12. The molecule has 1 aromatic heterocycles. The zero-order valence-electron chi connectivity index (χ0n) is 14.1. The maximum atomic E-state index is 6.12. The number of aryl methyl sites for hydroxylation is 1. The third-order valence-electron chi connectivity index (χ3n) is 4.54. The minimum absolute atomic E-state index is 0.0417. The van der Waals surface area contributed by atoms with Crippen molar-refractivity contribution in [1.82, 2.24) is 14.9 Å². The van der Waals surface area contributed by atoms with E-state index < -0.39 is 0 Å². The first kappa shape index (κ1) is 17.4. The minimum atomic E-state index is 0.0417. The van der Waals surface area contributed by atoms with Crippen molar-refractivity contribution in [3.63, 3.8) is 0 Å². The molecule has 1 N–H and O–H groups in total. The normalized spacial score (nSPS) is 22.0. The predicted octanol–water partition coefficient (Wildman–Crippen LogP) is 3.13. The van der Waals surface area contributed by atoms with Crippen molar-refractivity contribution >= 4 is 11.6 Å². The van der Waals surface area contributed by atoms with E-state index in [0.29, 0.717) is 12.5 Å². The van der Waals surface area contributed by atoms with Crippen molar-refractivity contribution in [2.75, 3.05) is 26.9 Å². The molecule has 1 aliphatic heterocycles. The Morgan fingerprint density at radius 1 is 1.50 bits per heavy atom. The number of nitrogens with one attached hydrogen (secondary N) is 1. The third-order valence-corrected chi connectivity index (χ3v) is 4.77. The number of ether oxygens (including phenoxy) is 2. The van der Waals surface area contributed by atoms with Crippen LogP contribution in [-0.2, 0) is 16.5 Å². The second-order valence-electron chi connectivity index (χ2n) is 6.21. The Balaban J connectivity index is 1.67. The number of hydrogen-bond donors (Lipinski definition) is 1. The van der Waals surface area contributed by atoms with Crippen molar-refractivity contribution in [3.8, 4) is 0 Å². The number of halogens is 1. The van der Waals surface area contributed by atoms with E-state index in [1.165, 1.54) is 0 Å². The summed E-state index contributed by atoms with van der Waals surface area (Å²) in [5.74, 6) is 1.38. The summed E-state index contributed by atoms with van der Waals surface area (Å²) in [6.45, 7) is 2.22. The Hall–Kier alpha value is -1.40. The van der Waals surface area contributed by atoms with Gasteiger partial charge in [0.15, 0.2) is 0 Å². The van der Waals surface area contributed by atoms with Crippen LogP contribution in [0.5, 0.6) is 0 Å². The first-order valence-corrected chi connectivity index (χ1v) is 8.63. The van der Waals surface area contributed by atoms with Crippen LogP contribution in [0.15, 0.2) is 36.7 Å².